The molecule has 0 aromatic heterocycles. The number of carboxylic acids is 1. The number of carbonyl (C=O) groups is 2. The van der Waals surface area contributed by atoms with E-state index in [0.29, 0.717) is 19.1 Å². The molecule has 0 saturated carbocycles. The number of likely N-dealkylation sites (N-methyl/N-ethyl adjacent to an activating group) is 1. The van der Waals surface area contributed by atoms with Crippen LogP contribution in [0.15, 0.2) is 0 Å². The molecule has 1 fully saturated rings. The van der Waals surface area contributed by atoms with Crippen molar-refractivity contribution >= 4 is 11.9 Å². The van der Waals surface area contributed by atoms with Gasteiger partial charge in [0.05, 0.1) is 19.0 Å². The van der Waals surface area contributed by atoms with Gasteiger partial charge < -0.3 is 10.0 Å². The fourth-order valence-corrected chi connectivity index (χ4v) is 1.94. The lowest BCUT2D eigenvalue weighted by molar-refractivity contribution is -0.144. The summed E-state index contributed by atoms with van der Waals surface area (Å²) in [4.78, 5) is 26.0. The van der Waals surface area contributed by atoms with Gasteiger partial charge in [-0.2, -0.15) is 0 Å². The molecule has 0 aliphatic carbocycles. The lowest BCUT2D eigenvalue weighted by Gasteiger charge is -2.41. The van der Waals surface area contributed by atoms with Gasteiger partial charge in [-0.3, -0.25) is 14.5 Å². The van der Waals surface area contributed by atoms with Crippen LogP contribution in [-0.4, -0.2) is 59.0 Å². The number of carboxylic acid groups (broad SMARTS) is 1. The van der Waals surface area contributed by atoms with Crippen molar-refractivity contribution in [1.29, 1.82) is 0 Å². The Hall–Kier alpha value is -1.10. The number of aliphatic carboxylic acids is 1. The fraction of sp³-hybridized carbons (Fsp3) is 0.818. The summed E-state index contributed by atoms with van der Waals surface area (Å²) in [5.41, 5.74) is 0. The van der Waals surface area contributed by atoms with Gasteiger partial charge >= 0.3 is 5.97 Å². The van der Waals surface area contributed by atoms with Crippen LogP contribution in [-0.2, 0) is 9.59 Å². The molecule has 2 unspecified atom stereocenters. The summed E-state index contributed by atoms with van der Waals surface area (Å²) in [6.45, 7) is 5.20. The fourth-order valence-electron chi connectivity index (χ4n) is 1.94. The maximum Gasteiger partial charge on any atom is 0.305 e. The Bertz CT molecular complexity index is 280. The molecule has 0 radical (unpaired) electrons. The van der Waals surface area contributed by atoms with Crippen LogP contribution in [0.3, 0.4) is 0 Å². The van der Waals surface area contributed by atoms with Crippen LogP contribution in [0.5, 0.6) is 0 Å². The highest BCUT2D eigenvalue weighted by Gasteiger charge is 2.32. The monoisotopic (exact) mass is 228 g/mol. The van der Waals surface area contributed by atoms with Crippen molar-refractivity contribution in [3.05, 3.63) is 0 Å². The molecule has 0 aromatic rings. The standard InChI is InChI=1S/C11H20N2O3/c1-4-8(2)13-6-9(5-11(15)16)12(3)10(14)7-13/h8-9H,4-7H2,1-3H3,(H,15,16). The highest BCUT2D eigenvalue weighted by molar-refractivity contribution is 5.80. The molecule has 1 amide bonds. The highest BCUT2D eigenvalue weighted by Crippen LogP contribution is 2.15. The summed E-state index contributed by atoms with van der Waals surface area (Å²) >= 11 is 0. The third-order valence-electron chi connectivity index (χ3n) is 3.35. The average Bonchev–Trinajstić information content (AvgIpc) is 2.22. The maximum atomic E-state index is 11.7. The largest absolute Gasteiger partial charge is 0.481 e. The van der Waals surface area contributed by atoms with Crippen LogP contribution in [0.25, 0.3) is 0 Å². The van der Waals surface area contributed by atoms with Gasteiger partial charge in [0.1, 0.15) is 0 Å². The Morgan fingerprint density at radius 1 is 1.62 bits per heavy atom. The zero-order valence-corrected chi connectivity index (χ0v) is 10.1. The number of hydrogen-bond acceptors (Lipinski definition) is 3. The van der Waals surface area contributed by atoms with E-state index in [0.717, 1.165) is 6.42 Å². The molecule has 5 nitrogen and oxygen atoms in total. The number of piperazine rings is 1. The SMILES string of the molecule is CCC(C)N1CC(=O)N(C)C(CC(=O)O)C1. The van der Waals surface area contributed by atoms with Gasteiger partial charge in [0.25, 0.3) is 0 Å². The van der Waals surface area contributed by atoms with E-state index >= 15 is 0 Å². The molecular weight excluding hydrogens is 208 g/mol. The minimum absolute atomic E-state index is 0.0119. The van der Waals surface area contributed by atoms with Crippen LogP contribution in [0.2, 0.25) is 0 Å². The zero-order valence-electron chi connectivity index (χ0n) is 10.1. The van der Waals surface area contributed by atoms with Crippen LogP contribution in [0, 0.1) is 0 Å². The molecule has 1 aliphatic heterocycles. The Morgan fingerprint density at radius 3 is 2.75 bits per heavy atom. The number of nitrogens with zero attached hydrogens (tertiary/aromatic N) is 2. The minimum Gasteiger partial charge on any atom is -0.481 e. The summed E-state index contributed by atoms with van der Waals surface area (Å²) in [6.07, 6.45) is 0.992. The van der Waals surface area contributed by atoms with E-state index in [2.05, 4.69) is 18.7 Å². The first kappa shape index (κ1) is 13.0. The quantitative estimate of drug-likeness (QED) is 0.756. The van der Waals surface area contributed by atoms with Crippen LogP contribution in [0.1, 0.15) is 26.7 Å². The van der Waals surface area contributed by atoms with Gasteiger partial charge in [-0.15, -0.1) is 0 Å². The lowest BCUT2D eigenvalue weighted by atomic mass is 10.1. The Kier molecular flexibility index (Phi) is 4.29. The van der Waals surface area contributed by atoms with E-state index in [1.54, 1.807) is 11.9 Å². The van der Waals surface area contributed by atoms with Crippen LogP contribution in [0.4, 0.5) is 0 Å². The molecule has 92 valence electrons. The molecule has 1 heterocycles. The Morgan fingerprint density at radius 2 is 2.25 bits per heavy atom. The molecule has 2 atom stereocenters. The minimum atomic E-state index is -0.851. The van der Waals surface area contributed by atoms with Crippen molar-refractivity contribution < 1.29 is 14.7 Å². The van der Waals surface area contributed by atoms with Gasteiger partial charge in [0, 0.05) is 19.6 Å². The first-order valence-corrected chi connectivity index (χ1v) is 5.67. The zero-order chi connectivity index (χ0) is 12.3. The second kappa shape index (κ2) is 5.30. The number of carbonyl (C=O) groups excluding carboxylic acids is 1. The molecule has 0 bridgehead atoms. The van der Waals surface area contributed by atoms with Gasteiger partial charge in [0.2, 0.25) is 5.91 Å². The number of rotatable bonds is 4. The topological polar surface area (TPSA) is 60.9 Å². The van der Waals surface area contributed by atoms with Crippen molar-refractivity contribution in [2.45, 2.75) is 38.8 Å². The predicted octanol–water partition coefficient (Wildman–Crippen LogP) is 0.402. The van der Waals surface area contributed by atoms with Gasteiger partial charge in [-0.1, -0.05) is 6.92 Å². The summed E-state index contributed by atoms with van der Waals surface area (Å²) in [7, 11) is 1.68. The second-order valence-electron chi connectivity index (χ2n) is 4.44. The Balaban J connectivity index is 2.68. The first-order chi connectivity index (χ1) is 7.45. The molecule has 0 aromatic carbocycles. The predicted molar refractivity (Wildman–Crippen MR) is 60.1 cm³/mol. The van der Waals surface area contributed by atoms with Crippen molar-refractivity contribution in [2.75, 3.05) is 20.1 Å². The number of hydrogen-bond donors (Lipinski definition) is 1. The highest BCUT2D eigenvalue weighted by atomic mass is 16.4. The first-order valence-electron chi connectivity index (χ1n) is 5.67. The molecule has 5 heteroatoms. The lowest BCUT2D eigenvalue weighted by Crippen LogP contribution is -2.57. The van der Waals surface area contributed by atoms with Crippen LogP contribution < -0.4 is 0 Å². The summed E-state index contributed by atoms with van der Waals surface area (Å²) < 4.78 is 0. The van der Waals surface area contributed by atoms with Gasteiger partial charge in [-0.05, 0) is 13.3 Å². The van der Waals surface area contributed by atoms with E-state index in [9.17, 15) is 9.59 Å². The van der Waals surface area contributed by atoms with E-state index in [-0.39, 0.29) is 18.4 Å². The summed E-state index contributed by atoms with van der Waals surface area (Å²) in [6, 6.07) is 0.127. The molecule has 1 saturated heterocycles. The molecule has 16 heavy (non-hydrogen) atoms. The number of amides is 1. The molecule has 1 rings (SSSR count). The van der Waals surface area contributed by atoms with Gasteiger partial charge in [0.15, 0.2) is 0 Å². The van der Waals surface area contributed by atoms with Crippen molar-refractivity contribution in [3.63, 3.8) is 0 Å². The normalized spacial score (nSPS) is 24.6. The third-order valence-corrected chi connectivity index (χ3v) is 3.35. The van der Waals surface area contributed by atoms with E-state index in [1.165, 1.54) is 0 Å². The summed E-state index contributed by atoms with van der Waals surface area (Å²) in [5.74, 6) is -0.839. The maximum absolute atomic E-state index is 11.7. The van der Waals surface area contributed by atoms with Crippen molar-refractivity contribution in [1.82, 2.24) is 9.80 Å². The van der Waals surface area contributed by atoms with Crippen LogP contribution >= 0.6 is 0 Å². The molecule has 1 aliphatic rings. The second-order valence-corrected chi connectivity index (χ2v) is 4.44. The molecule has 0 spiro atoms. The smallest absolute Gasteiger partial charge is 0.305 e. The van der Waals surface area contributed by atoms with Crippen molar-refractivity contribution in [2.24, 2.45) is 0 Å². The van der Waals surface area contributed by atoms with E-state index < -0.39 is 5.97 Å². The third kappa shape index (κ3) is 2.95. The van der Waals surface area contributed by atoms with E-state index in [1.807, 2.05) is 0 Å². The molecule has 1 N–H and O–H groups in total. The average molecular weight is 228 g/mol. The summed E-state index contributed by atoms with van der Waals surface area (Å²) in [5, 5.41) is 8.80. The molecular formula is C11H20N2O3. The van der Waals surface area contributed by atoms with E-state index in [4.69, 9.17) is 5.11 Å². The Labute approximate surface area is 96.0 Å². The van der Waals surface area contributed by atoms with Gasteiger partial charge in [-0.25, -0.2) is 0 Å². The van der Waals surface area contributed by atoms with Crippen molar-refractivity contribution in [3.8, 4) is 0 Å².